The number of nitrogens with one attached hydrogen (secondary N) is 4. The van der Waals surface area contributed by atoms with Crippen LogP contribution in [0.4, 0.5) is 9.59 Å². The van der Waals surface area contributed by atoms with Gasteiger partial charge in [-0.3, -0.25) is 14.4 Å². The van der Waals surface area contributed by atoms with Crippen molar-refractivity contribution in [1.82, 2.24) is 50.4 Å². The molecule has 8 rings (SSSR count). The maximum atomic E-state index is 16.2. The molecule has 4 heterocycles. The molecule has 0 radical (unpaired) electrons. The van der Waals surface area contributed by atoms with Gasteiger partial charge < -0.3 is 44.6 Å². The van der Waals surface area contributed by atoms with E-state index in [9.17, 15) is 4.79 Å². The van der Waals surface area contributed by atoms with Gasteiger partial charge in [-0.2, -0.15) is 0 Å². The van der Waals surface area contributed by atoms with Crippen LogP contribution in [0.2, 0.25) is 0 Å². The fourth-order valence-corrected chi connectivity index (χ4v) is 13.3. The first-order valence-corrected chi connectivity index (χ1v) is 30.1. The third-order valence-electron chi connectivity index (χ3n) is 18.0. The van der Waals surface area contributed by atoms with Crippen LogP contribution in [-0.2, 0) is 44.8 Å². The summed E-state index contributed by atoms with van der Waals surface area (Å²) >= 11 is 0. The number of H-pyrrole nitrogens is 2. The van der Waals surface area contributed by atoms with E-state index in [-0.39, 0.29) is 55.0 Å². The van der Waals surface area contributed by atoms with E-state index in [1.165, 1.54) is 16.4 Å². The number of aromatic amines is 2. The number of methoxy groups -OCH3 is 2. The van der Waals surface area contributed by atoms with Gasteiger partial charge in [0.15, 0.2) is 0 Å². The van der Waals surface area contributed by atoms with E-state index in [2.05, 4.69) is 37.5 Å². The Labute approximate surface area is 474 Å². The van der Waals surface area contributed by atoms with Crippen molar-refractivity contribution in [3.63, 3.8) is 0 Å². The molecule has 4 aromatic rings. The molecule has 2 aromatic carbocycles. The van der Waals surface area contributed by atoms with Gasteiger partial charge in [-0.15, -0.1) is 0 Å². The highest BCUT2D eigenvalue weighted by molar-refractivity contribution is 5.93. The third-order valence-corrected chi connectivity index (χ3v) is 18.0. The van der Waals surface area contributed by atoms with E-state index in [1.54, 1.807) is 44.2 Å². The van der Waals surface area contributed by atoms with E-state index in [0.717, 1.165) is 88.3 Å². The minimum atomic E-state index is -1.35. The second-order valence-corrected chi connectivity index (χ2v) is 22.8. The van der Waals surface area contributed by atoms with Gasteiger partial charge >= 0.3 is 12.1 Å². The Balaban J connectivity index is 1.23. The highest BCUT2D eigenvalue weighted by Crippen LogP contribution is 2.48. The van der Waals surface area contributed by atoms with Crippen molar-refractivity contribution in [2.75, 3.05) is 60.1 Å². The van der Waals surface area contributed by atoms with Gasteiger partial charge in [0.05, 0.1) is 38.2 Å². The Morgan fingerprint density at radius 1 is 0.675 bits per heavy atom. The summed E-state index contributed by atoms with van der Waals surface area (Å²) in [5.74, 6) is 1.43. The number of piperidine rings is 2. The minimum Gasteiger partial charge on any atom is -0.497 e. The molecule has 2 saturated heterocycles. The third kappa shape index (κ3) is 14.9. The van der Waals surface area contributed by atoms with Gasteiger partial charge in [0, 0.05) is 101 Å². The molecule has 4 N–H and O–H groups in total. The van der Waals surface area contributed by atoms with E-state index in [4.69, 9.17) is 14.2 Å². The number of ether oxygens (including phenoxy) is 3. The molecule has 6 amide bonds. The topological polar surface area (TPSA) is 207 Å². The molecule has 2 aromatic heterocycles. The van der Waals surface area contributed by atoms with Gasteiger partial charge in [0.2, 0.25) is 11.8 Å². The Kier molecular flexibility index (Phi) is 21.9. The molecular weight excluding hydrogens is 1010 g/mol. The van der Waals surface area contributed by atoms with Crippen LogP contribution in [0.25, 0.3) is 0 Å². The second kappa shape index (κ2) is 29.3. The first kappa shape index (κ1) is 59.7. The van der Waals surface area contributed by atoms with Crippen LogP contribution in [0.3, 0.4) is 0 Å². The molecule has 18 heteroatoms. The summed E-state index contributed by atoms with van der Waals surface area (Å²) in [6, 6.07) is 10.6. The summed E-state index contributed by atoms with van der Waals surface area (Å²) in [6.45, 7) is 6.51. The quantitative estimate of drug-likeness (QED) is 0.0365. The molecule has 0 bridgehead atoms. The van der Waals surface area contributed by atoms with Crippen molar-refractivity contribution in [3.8, 4) is 11.5 Å². The van der Waals surface area contributed by atoms with Gasteiger partial charge in [0.1, 0.15) is 29.4 Å². The second-order valence-electron chi connectivity index (χ2n) is 22.8. The average Bonchev–Trinajstić information content (AvgIpc) is 4.32. The normalized spacial score (nSPS) is 18.4. The Hall–Kier alpha value is -6.43. The lowest BCUT2D eigenvalue weighted by Crippen LogP contribution is -2.69. The number of benzene rings is 2. The number of urea groups is 2. The maximum Gasteiger partial charge on any atom is 0.337 e. The molecule has 18 nitrogen and oxygen atoms in total. The summed E-state index contributed by atoms with van der Waals surface area (Å²) in [6.07, 6.45) is 23.9. The maximum absolute atomic E-state index is 16.2. The number of ketones is 1. The molecular formula is C62H90N10O8. The Morgan fingerprint density at radius 3 is 1.68 bits per heavy atom. The summed E-state index contributed by atoms with van der Waals surface area (Å²) < 4.78 is 18.1. The Bertz CT molecular complexity index is 2530. The SMILES string of the molecule is CCCCOC1(C2CCCCC2)CCN(C(=O)C(Cc2ccc(OC)cc2)N(C(=O)NCCc2c[nH]cn2)N(C(=O)NCCc2cnc[nH]2)C(Cc2ccc(OC)cc2)C(=O)N2CCC(C(=O)CCC)(C3CCCCC3)CC2)CC1. The van der Waals surface area contributed by atoms with Crippen molar-refractivity contribution >= 4 is 29.7 Å². The fraction of sp³-hybridized carbons (Fsp3) is 0.629. The molecule has 436 valence electrons. The average molecular weight is 1100 g/mol. The van der Waals surface area contributed by atoms with Crippen molar-refractivity contribution in [2.45, 2.75) is 173 Å². The standard InChI is InChI=1S/C62H90N10O8/c1-5-7-39-80-62(49-17-12-9-13-18-49)31-37-70(38-32-62)58(75)55(41-47-21-25-53(79-4)26-22-47)72(60(77)66-34-28-51-43-64-45-68-51)71(59(76)65-33-27-50-42-63-44-67-50)54(40-46-19-23-52(78-3)24-20-46)57(74)69-35-29-61(30-36-69,56(73)14-6-2)48-15-10-8-11-16-48/h19-26,42-45,48-49,54-55H,5-18,27-41H2,1-4H3,(H,63,67)(H,64,68)(H,65,76)(H,66,77). The monoisotopic (exact) mass is 1100 g/mol. The first-order valence-electron chi connectivity index (χ1n) is 30.1. The number of hydrogen-bond donors (Lipinski definition) is 4. The summed E-state index contributed by atoms with van der Waals surface area (Å²) in [7, 11) is 3.18. The van der Waals surface area contributed by atoms with Crippen LogP contribution >= 0.6 is 0 Å². The number of nitrogens with zero attached hydrogens (tertiary/aromatic N) is 6. The first-order chi connectivity index (χ1) is 39.0. The molecule has 2 atom stereocenters. The summed E-state index contributed by atoms with van der Waals surface area (Å²) in [5, 5.41) is 8.71. The summed E-state index contributed by atoms with van der Waals surface area (Å²) in [4.78, 5) is 96.7. The lowest BCUT2D eigenvalue weighted by atomic mass is 9.61. The van der Waals surface area contributed by atoms with Crippen LogP contribution in [0.5, 0.6) is 11.5 Å². The number of hydrazine groups is 1. The van der Waals surface area contributed by atoms with Crippen molar-refractivity contribution in [3.05, 3.63) is 96.1 Å². The number of likely N-dealkylation sites (tertiary alicyclic amines) is 2. The highest BCUT2D eigenvalue weighted by atomic mass is 16.5. The predicted octanol–water partition coefficient (Wildman–Crippen LogP) is 9.41. The lowest BCUT2D eigenvalue weighted by molar-refractivity contribution is -0.159. The molecule has 4 aliphatic rings. The largest absolute Gasteiger partial charge is 0.497 e. The number of carbonyl (C=O) groups is 5. The number of aromatic nitrogens is 4. The zero-order valence-electron chi connectivity index (χ0n) is 48.2. The number of rotatable bonds is 25. The molecule has 0 spiro atoms. The molecule has 2 saturated carbocycles. The number of imidazole rings is 2. The predicted molar refractivity (Wildman–Crippen MR) is 307 cm³/mol. The van der Waals surface area contributed by atoms with Gasteiger partial charge in [-0.05, 0) is 111 Å². The molecule has 2 aliphatic heterocycles. The molecule has 2 unspecified atom stereocenters. The molecule has 4 fully saturated rings. The van der Waals surface area contributed by atoms with Crippen LogP contribution in [0, 0.1) is 17.3 Å². The minimum absolute atomic E-state index is 0.00140. The van der Waals surface area contributed by atoms with Gasteiger partial charge in [-0.25, -0.2) is 29.6 Å². The zero-order valence-corrected chi connectivity index (χ0v) is 48.2. The van der Waals surface area contributed by atoms with E-state index in [1.807, 2.05) is 60.4 Å². The highest BCUT2D eigenvalue weighted by Gasteiger charge is 2.51. The summed E-state index contributed by atoms with van der Waals surface area (Å²) in [5.41, 5.74) is 2.01. The van der Waals surface area contributed by atoms with Gasteiger partial charge in [0.25, 0.3) is 0 Å². The molecule has 80 heavy (non-hydrogen) atoms. The number of amides is 6. The van der Waals surface area contributed by atoms with Gasteiger partial charge in [-0.1, -0.05) is 83.1 Å². The van der Waals surface area contributed by atoms with Crippen LogP contribution < -0.4 is 20.1 Å². The van der Waals surface area contributed by atoms with Crippen molar-refractivity contribution in [1.29, 1.82) is 0 Å². The zero-order chi connectivity index (χ0) is 56.3. The van der Waals surface area contributed by atoms with Crippen LogP contribution in [0.15, 0.2) is 73.6 Å². The van der Waals surface area contributed by atoms with Crippen molar-refractivity contribution < 1.29 is 38.2 Å². The van der Waals surface area contributed by atoms with Crippen LogP contribution in [0.1, 0.15) is 152 Å². The molecule has 2 aliphatic carbocycles. The number of Topliss-reactive ketones (excluding diaryl/α,β-unsaturated/α-hetero) is 1. The Morgan fingerprint density at radius 2 is 1.20 bits per heavy atom. The van der Waals surface area contributed by atoms with E-state index in [0.29, 0.717) is 106 Å². The lowest BCUT2D eigenvalue weighted by Gasteiger charge is -2.50. The van der Waals surface area contributed by atoms with E-state index < -0.39 is 29.6 Å². The van der Waals surface area contributed by atoms with Crippen LogP contribution in [-0.4, -0.2) is 147 Å². The van der Waals surface area contributed by atoms with E-state index >= 15 is 19.2 Å². The number of hydrogen-bond acceptors (Lipinski definition) is 10. The smallest absolute Gasteiger partial charge is 0.337 e. The fourth-order valence-electron chi connectivity index (χ4n) is 13.3. The number of unbranched alkanes of at least 4 members (excludes halogenated alkanes) is 1. The van der Waals surface area contributed by atoms with Crippen molar-refractivity contribution in [2.24, 2.45) is 17.3 Å². The number of carbonyl (C=O) groups excluding carboxylic acids is 5.